The van der Waals surface area contributed by atoms with Crippen molar-refractivity contribution in [1.82, 2.24) is 5.32 Å². The molecule has 0 spiro atoms. The first kappa shape index (κ1) is 16.3. The number of rotatable bonds is 6. The van der Waals surface area contributed by atoms with E-state index in [0.29, 0.717) is 6.42 Å². The van der Waals surface area contributed by atoms with E-state index in [1.54, 1.807) is 19.1 Å². The molecule has 22 heavy (non-hydrogen) atoms. The van der Waals surface area contributed by atoms with E-state index in [0.717, 1.165) is 12.0 Å². The molecule has 1 N–H and O–H groups in total. The molecule has 1 saturated heterocycles. The molecule has 3 atom stereocenters. The number of ether oxygens (including phenoxy) is 2. The van der Waals surface area contributed by atoms with Gasteiger partial charge in [0.2, 0.25) is 0 Å². The number of benzene rings is 1. The zero-order chi connectivity index (χ0) is 16.1. The summed E-state index contributed by atoms with van der Waals surface area (Å²) in [6.07, 6.45) is 0.563. The van der Waals surface area contributed by atoms with Crippen molar-refractivity contribution in [2.75, 3.05) is 6.61 Å². The SMILES string of the molecule is CCC(CCOC(=O)N[C@H]1C(=O)O[C@H]1C)c1ccc(F)cc1. The Balaban J connectivity index is 1.75. The van der Waals surface area contributed by atoms with Crippen LogP contribution >= 0.6 is 0 Å². The van der Waals surface area contributed by atoms with Crippen molar-refractivity contribution in [3.63, 3.8) is 0 Å². The quantitative estimate of drug-likeness (QED) is 0.821. The molecule has 0 saturated carbocycles. The number of carbonyl (C=O) groups is 2. The van der Waals surface area contributed by atoms with Crippen LogP contribution in [0, 0.1) is 5.82 Å². The van der Waals surface area contributed by atoms with Gasteiger partial charge in [-0.2, -0.15) is 0 Å². The standard InChI is InChI=1S/C16H20FNO4/c1-3-11(12-4-6-13(17)7-5-12)8-9-21-16(20)18-14-10(2)22-15(14)19/h4-7,10-11,14H,3,8-9H2,1-2H3,(H,18,20)/t10-,11?,14+/m0/s1. The minimum absolute atomic E-state index is 0.195. The van der Waals surface area contributed by atoms with E-state index in [1.807, 2.05) is 6.92 Å². The van der Waals surface area contributed by atoms with Gasteiger partial charge < -0.3 is 14.8 Å². The van der Waals surface area contributed by atoms with E-state index in [9.17, 15) is 14.0 Å². The Labute approximate surface area is 128 Å². The van der Waals surface area contributed by atoms with Crippen LogP contribution in [0.25, 0.3) is 0 Å². The van der Waals surface area contributed by atoms with Crippen LogP contribution in [0.3, 0.4) is 0 Å². The van der Waals surface area contributed by atoms with Crippen LogP contribution in [0.1, 0.15) is 38.2 Å². The lowest BCUT2D eigenvalue weighted by Gasteiger charge is -2.32. The molecule has 5 nitrogen and oxygen atoms in total. The van der Waals surface area contributed by atoms with Gasteiger partial charge >= 0.3 is 12.1 Å². The Morgan fingerprint density at radius 3 is 2.64 bits per heavy atom. The lowest BCUT2D eigenvalue weighted by Crippen LogP contribution is -2.58. The fraction of sp³-hybridized carbons (Fsp3) is 0.500. The number of hydrogen-bond donors (Lipinski definition) is 1. The summed E-state index contributed by atoms with van der Waals surface area (Å²) in [5, 5.41) is 2.47. The number of alkyl carbamates (subject to hydrolysis) is 1. The van der Waals surface area contributed by atoms with Crippen LogP contribution in [0.4, 0.5) is 9.18 Å². The summed E-state index contributed by atoms with van der Waals surface area (Å²) in [5.41, 5.74) is 1.02. The zero-order valence-electron chi connectivity index (χ0n) is 12.7. The highest BCUT2D eigenvalue weighted by atomic mass is 19.1. The Kier molecular flexibility index (Phi) is 5.35. The van der Waals surface area contributed by atoms with Crippen molar-refractivity contribution in [3.8, 4) is 0 Å². The summed E-state index contributed by atoms with van der Waals surface area (Å²) in [6, 6.07) is 5.72. The molecule has 0 radical (unpaired) electrons. The van der Waals surface area contributed by atoms with Crippen LogP contribution < -0.4 is 5.32 Å². The molecule has 1 aromatic carbocycles. The largest absolute Gasteiger partial charge is 0.458 e. The predicted molar refractivity (Wildman–Crippen MR) is 77.9 cm³/mol. The van der Waals surface area contributed by atoms with Gasteiger partial charge in [0.05, 0.1) is 6.61 Å². The van der Waals surface area contributed by atoms with Gasteiger partial charge in [-0.1, -0.05) is 19.1 Å². The fourth-order valence-corrected chi connectivity index (χ4v) is 2.42. The van der Waals surface area contributed by atoms with Crippen molar-refractivity contribution in [1.29, 1.82) is 0 Å². The number of hydrogen-bond acceptors (Lipinski definition) is 4. The lowest BCUT2D eigenvalue weighted by molar-refractivity contribution is -0.174. The number of nitrogens with one attached hydrogen (secondary N) is 1. The highest BCUT2D eigenvalue weighted by Crippen LogP contribution is 2.23. The molecule has 1 aliphatic heterocycles. The van der Waals surface area contributed by atoms with Gasteiger partial charge in [0.1, 0.15) is 11.9 Å². The molecule has 6 heteroatoms. The van der Waals surface area contributed by atoms with Crippen molar-refractivity contribution in [3.05, 3.63) is 35.6 Å². The molecule has 0 bridgehead atoms. The van der Waals surface area contributed by atoms with Crippen LogP contribution in [-0.4, -0.2) is 30.8 Å². The van der Waals surface area contributed by atoms with E-state index in [-0.39, 0.29) is 24.4 Å². The van der Waals surface area contributed by atoms with Crippen molar-refractivity contribution in [2.45, 2.75) is 44.8 Å². The van der Waals surface area contributed by atoms with E-state index < -0.39 is 18.1 Å². The second-order valence-electron chi connectivity index (χ2n) is 5.35. The summed E-state index contributed by atoms with van der Waals surface area (Å²) >= 11 is 0. The van der Waals surface area contributed by atoms with Gasteiger partial charge in [-0.15, -0.1) is 0 Å². The average molecular weight is 309 g/mol. The normalized spacial score (nSPS) is 21.5. The molecule has 1 heterocycles. The van der Waals surface area contributed by atoms with Gasteiger partial charge in [-0.25, -0.2) is 14.0 Å². The van der Waals surface area contributed by atoms with E-state index in [1.165, 1.54) is 12.1 Å². The second-order valence-corrected chi connectivity index (χ2v) is 5.35. The molecule has 1 amide bonds. The third-order valence-electron chi connectivity index (χ3n) is 3.83. The summed E-state index contributed by atoms with van der Waals surface area (Å²) in [5.74, 6) is -0.515. The van der Waals surface area contributed by atoms with Gasteiger partial charge in [0.15, 0.2) is 6.04 Å². The van der Waals surface area contributed by atoms with E-state index in [4.69, 9.17) is 9.47 Å². The molecule has 1 aliphatic rings. The number of esters is 1. The van der Waals surface area contributed by atoms with Gasteiger partial charge in [0, 0.05) is 0 Å². The maximum Gasteiger partial charge on any atom is 0.407 e. The summed E-state index contributed by atoms with van der Waals surface area (Å²) in [6.45, 7) is 3.96. The lowest BCUT2D eigenvalue weighted by atomic mass is 9.94. The number of cyclic esters (lactones) is 1. The summed E-state index contributed by atoms with van der Waals surface area (Å²) in [4.78, 5) is 22.7. The fourth-order valence-electron chi connectivity index (χ4n) is 2.42. The highest BCUT2D eigenvalue weighted by molar-refractivity contribution is 5.86. The zero-order valence-corrected chi connectivity index (χ0v) is 12.7. The third kappa shape index (κ3) is 3.96. The number of halogens is 1. The van der Waals surface area contributed by atoms with Gasteiger partial charge in [-0.05, 0) is 43.4 Å². The highest BCUT2D eigenvalue weighted by Gasteiger charge is 2.40. The van der Waals surface area contributed by atoms with Gasteiger partial charge in [-0.3, -0.25) is 0 Å². The Bertz CT molecular complexity index is 531. The molecular formula is C16H20FNO4. The maximum atomic E-state index is 12.9. The summed E-state index contributed by atoms with van der Waals surface area (Å²) < 4.78 is 22.8. The molecule has 0 aromatic heterocycles. The second kappa shape index (κ2) is 7.24. The van der Waals surface area contributed by atoms with Crippen LogP contribution in [0.5, 0.6) is 0 Å². The minimum Gasteiger partial charge on any atom is -0.458 e. The van der Waals surface area contributed by atoms with E-state index in [2.05, 4.69) is 5.32 Å². The molecule has 1 aromatic rings. The smallest absolute Gasteiger partial charge is 0.407 e. The molecule has 2 rings (SSSR count). The molecule has 1 fully saturated rings. The van der Waals surface area contributed by atoms with Crippen LogP contribution in [0.2, 0.25) is 0 Å². The topological polar surface area (TPSA) is 64.6 Å². The Morgan fingerprint density at radius 1 is 1.41 bits per heavy atom. The Morgan fingerprint density at radius 2 is 2.09 bits per heavy atom. The monoisotopic (exact) mass is 309 g/mol. The first-order valence-corrected chi connectivity index (χ1v) is 7.40. The number of carbonyl (C=O) groups excluding carboxylic acids is 2. The maximum absolute atomic E-state index is 12.9. The van der Waals surface area contributed by atoms with Crippen LogP contribution in [-0.2, 0) is 14.3 Å². The molecular weight excluding hydrogens is 289 g/mol. The minimum atomic E-state index is -0.623. The van der Waals surface area contributed by atoms with E-state index >= 15 is 0 Å². The van der Waals surface area contributed by atoms with Crippen LogP contribution in [0.15, 0.2) is 24.3 Å². The third-order valence-corrected chi connectivity index (χ3v) is 3.83. The molecule has 120 valence electrons. The average Bonchev–Trinajstić information content (AvgIpc) is 2.51. The first-order valence-electron chi connectivity index (χ1n) is 7.40. The molecule has 1 unspecified atom stereocenters. The first-order chi connectivity index (χ1) is 10.5. The molecule has 0 aliphatic carbocycles. The predicted octanol–water partition coefficient (Wildman–Crippen LogP) is 2.75. The summed E-state index contributed by atoms with van der Waals surface area (Å²) in [7, 11) is 0. The van der Waals surface area contributed by atoms with Crippen molar-refractivity contribution < 1.29 is 23.5 Å². The Hall–Kier alpha value is -2.11. The van der Waals surface area contributed by atoms with Crippen molar-refractivity contribution in [2.24, 2.45) is 0 Å². The van der Waals surface area contributed by atoms with Crippen molar-refractivity contribution >= 4 is 12.1 Å². The number of amides is 1. The van der Waals surface area contributed by atoms with Gasteiger partial charge in [0.25, 0.3) is 0 Å².